The number of aromatic nitrogens is 1. The van der Waals surface area contributed by atoms with Crippen LogP contribution in [0.25, 0.3) is 0 Å². The number of amides is 1. The Bertz CT molecular complexity index is 733. The van der Waals surface area contributed by atoms with Crippen LogP contribution in [0.3, 0.4) is 0 Å². The summed E-state index contributed by atoms with van der Waals surface area (Å²) in [5.74, 6) is 0.742. The highest BCUT2D eigenvalue weighted by Gasteiger charge is 2.40. The highest BCUT2D eigenvalue weighted by atomic mass is 16.5. The van der Waals surface area contributed by atoms with E-state index < -0.39 is 0 Å². The van der Waals surface area contributed by atoms with Crippen molar-refractivity contribution in [2.45, 2.75) is 32.0 Å². The second kappa shape index (κ2) is 6.10. The van der Waals surface area contributed by atoms with Gasteiger partial charge in [0.2, 0.25) is 0 Å². The summed E-state index contributed by atoms with van der Waals surface area (Å²) in [4.78, 5) is 15.0. The van der Waals surface area contributed by atoms with Gasteiger partial charge in [-0.2, -0.15) is 0 Å². The van der Waals surface area contributed by atoms with Crippen LogP contribution in [0.1, 0.15) is 40.6 Å². The van der Waals surface area contributed by atoms with E-state index in [9.17, 15) is 4.79 Å². The van der Waals surface area contributed by atoms with Gasteiger partial charge in [0.05, 0.1) is 18.2 Å². The number of nitrogens with zero attached hydrogens (tertiary/aromatic N) is 2. The summed E-state index contributed by atoms with van der Waals surface area (Å²) in [5, 5.41) is 0. The van der Waals surface area contributed by atoms with E-state index in [1.54, 1.807) is 0 Å². The fourth-order valence-electron chi connectivity index (χ4n) is 3.54. The molecule has 0 radical (unpaired) electrons. The number of benzene rings is 1. The third-order valence-electron chi connectivity index (χ3n) is 5.35. The number of rotatable bonds is 3. The van der Waals surface area contributed by atoms with Crippen LogP contribution in [0.4, 0.5) is 0 Å². The van der Waals surface area contributed by atoms with E-state index in [1.807, 2.05) is 53.9 Å². The van der Waals surface area contributed by atoms with Crippen molar-refractivity contribution >= 4 is 5.91 Å². The molecular weight excluding hydrogens is 300 g/mol. The largest absolute Gasteiger partial charge is 0.366 e. The molecule has 0 bridgehead atoms. The van der Waals surface area contributed by atoms with Crippen molar-refractivity contribution in [3.63, 3.8) is 0 Å². The Hall–Kier alpha value is -2.07. The molecule has 4 nitrogen and oxygen atoms in total. The highest BCUT2D eigenvalue weighted by Crippen LogP contribution is 2.39. The first-order valence-electron chi connectivity index (χ1n) is 8.75. The minimum absolute atomic E-state index is 0.0291. The van der Waals surface area contributed by atoms with Crippen molar-refractivity contribution in [2.24, 2.45) is 13.0 Å². The summed E-state index contributed by atoms with van der Waals surface area (Å²) in [7, 11) is 1.98. The van der Waals surface area contributed by atoms with E-state index >= 15 is 0 Å². The molecule has 4 rings (SSSR count). The third-order valence-corrected chi connectivity index (χ3v) is 5.35. The van der Waals surface area contributed by atoms with Crippen LogP contribution in [0.2, 0.25) is 0 Å². The van der Waals surface area contributed by atoms with Crippen LogP contribution in [-0.2, 0) is 11.8 Å². The zero-order chi connectivity index (χ0) is 16.7. The van der Waals surface area contributed by atoms with Gasteiger partial charge in [-0.05, 0) is 37.3 Å². The van der Waals surface area contributed by atoms with E-state index in [0.717, 1.165) is 16.8 Å². The van der Waals surface area contributed by atoms with Gasteiger partial charge in [-0.3, -0.25) is 4.79 Å². The van der Waals surface area contributed by atoms with Crippen LogP contribution in [0.5, 0.6) is 0 Å². The average Bonchev–Trinajstić information content (AvgIpc) is 3.42. The Morgan fingerprint density at radius 2 is 1.88 bits per heavy atom. The van der Waals surface area contributed by atoms with Crippen molar-refractivity contribution in [3.05, 3.63) is 59.4 Å². The normalized spacial score (nSPS) is 24.2. The van der Waals surface area contributed by atoms with Gasteiger partial charge in [0.15, 0.2) is 0 Å². The molecule has 2 aliphatic rings. The molecule has 0 spiro atoms. The first kappa shape index (κ1) is 15.5. The maximum absolute atomic E-state index is 13.1. The summed E-state index contributed by atoms with van der Waals surface area (Å²) in [6, 6.07) is 12.2. The van der Waals surface area contributed by atoms with Crippen LogP contribution in [0, 0.1) is 12.8 Å². The number of carbonyl (C=O) groups excluding carboxylic acids is 1. The van der Waals surface area contributed by atoms with Gasteiger partial charge < -0.3 is 14.2 Å². The van der Waals surface area contributed by atoms with Gasteiger partial charge in [-0.1, -0.05) is 30.3 Å². The van der Waals surface area contributed by atoms with Crippen molar-refractivity contribution in [3.8, 4) is 0 Å². The van der Waals surface area contributed by atoms with Crippen molar-refractivity contribution in [1.82, 2.24) is 9.47 Å². The monoisotopic (exact) mass is 324 g/mol. The zero-order valence-corrected chi connectivity index (χ0v) is 14.3. The molecule has 4 heteroatoms. The standard InChI is InChI=1S/C20H24N2O2/c1-14-17(10-11-21(14)2)20(23)22-12-18(15-6-4-3-5-7-15)24-19(13-22)16-8-9-16/h3-7,10-11,16,18-19H,8-9,12-13H2,1-2H3/t18-,19+/m0/s1. The second-order valence-corrected chi connectivity index (χ2v) is 7.05. The molecule has 1 aromatic carbocycles. The number of aryl methyl sites for hydroxylation is 1. The van der Waals surface area contributed by atoms with Gasteiger partial charge in [0.1, 0.15) is 6.10 Å². The summed E-state index contributed by atoms with van der Waals surface area (Å²) in [6.45, 7) is 3.34. The topological polar surface area (TPSA) is 34.5 Å². The first-order valence-corrected chi connectivity index (χ1v) is 8.75. The lowest BCUT2D eigenvalue weighted by atomic mass is 10.0. The molecule has 1 amide bonds. The molecule has 1 aliphatic heterocycles. The molecule has 2 fully saturated rings. The smallest absolute Gasteiger partial charge is 0.255 e. The quantitative estimate of drug-likeness (QED) is 0.868. The number of hydrogen-bond acceptors (Lipinski definition) is 2. The summed E-state index contributed by atoms with van der Waals surface area (Å²) in [6.07, 6.45) is 4.53. The molecule has 0 unspecified atom stereocenters. The lowest BCUT2D eigenvalue weighted by Crippen LogP contribution is -2.47. The zero-order valence-electron chi connectivity index (χ0n) is 14.3. The lowest BCUT2D eigenvalue weighted by molar-refractivity contribution is -0.0864. The van der Waals surface area contributed by atoms with E-state index in [2.05, 4.69) is 12.1 Å². The predicted octanol–water partition coefficient (Wildman–Crippen LogP) is 3.33. The summed E-state index contributed by atoms with van der Waals surface area (Å²) in [5.41, 5.74) is 2.98. The van der Waals surface area contributed by atoms with Crippen molar-refractivity contribution in [2.75, 3.05) is 13.1 Å². The van der Waals surface area contributed by atoms with Gasteiger partial charge in [0.25, 0.3) is 5.91 Å². The molecule has 1 aliphatic carbocycles. The molecule has 1 aromatic heterocycles. The first-order chi connectivity index (χ1) is 11.6. The number of ether oxygens (including phenoxy) is 1. The highest BCUT2D eigenvalue weighted by molar-refractivity contribution is 5.95. The number of hydrogen-bond donors (Lipinski definition) is 0. The van der Waals surface area contributed by atoms with Crippen LogP contribution in [0.15, 0.2) is 42.6 Å². The molecule has 2 atom stereocenters. The lowest BCUT2D eigenvalue weighted by Gasteiger charge is -2.38. The molecule has 24 heavy (non-hydrogen) atoms. The minimum Gasteiger partial charge on any atom is -0.366 e. The molecule has 1 saturated heterocycles. The molecular formula is C20H24N2O2. The molecule has 2 aromatic rings. The summed E-state index contributed by atoms with van der Waals surface area (Å²) >= 11 is 0. The maximum Gasteiger partial charge on any atom is 0.255 e. The SMILES string of the molecule is Cc1c(C(=O)N2C[C@@H](c3ccccc3)O[C@@H](C3CC3)C2)ccn1C. The van der Waals surface area contributed by atoms with E-state index in [-0.39, 0.29) is 18.1 Å². The predicted molar refractivity (Wildman–Crippen MR) is 92.8 cm³/mol. The van der Waals surface area contributed by atoms with Crippen LogP contribution >= 0.6 is 0 Å². The Kier molecular flexibility index (Phi) is 3.93. The van der Waals surface area contributed by atoms with Crippen molar-refractivity contribution < 1.29 is 9.53 Å². The third kappa shape index (κ3) is 2.86. The number of carbonyl (C=O) groups is 1. The van der Waals surface area contributed by atoms with E-state index in [0.29, 0.717) is 19.0 Å². The summed E-state index contributed by atoms with van der Waals surface area (Å²) < 4.78 is 8.35. The van der Waals surface area contributed by atoms with Crippen LogP contribution < -0.4 is 0 Å². The Morgan fingerprint density at radius 3 is 2.50 bits per heavy atom. The molecule has 126 valence electrons. The van der Waals surface area contributed by atoms with Gasteiger partial charge >= 0.3 is 0 Å². The fourth-order valence-corrected chi connectivity index (χ4v) is 3.54. The van der Waals surface area contributed by atoms with Crippen LogP contribution in [-0.4, -0.2) is 34.6 Å². The molecule has 2 heterocycles. The number of morpholine rings is 1. The van der Waals surface area contributed by atoms with E-state index in [1.165, 1.54) is 12.8 Å². The van der Waals surface area contributed by atoms with Gasteiger partial charge in [-0.25, -0.2) is 0 Å². The molecule has 0 N–H and O–H groups in total. The van der Waals surface area contributed by atoms with Gasteiger partial charge in [0, 0.05) is 25.5 Å². The fraction of sp³-hybridized carbons (Fsp3) is 0.450. The Balaban J connectivity index is 1.59. The van der Waals surface area contributed by atoms with E-state index in [4.69, 9.17) is 4.74 Å². The van der Waals surface area contributed by atoms with Crippen molar-refractivity contribution in [1.29, 1.82) is 0 Å². The molecule has 1 saturated carbocycles. The Labute approximate surface area is 143 Å². The Morgan fingerprint density at radius 1 is 1.12 bits per heavy atom. The maximum atomic E-state index is 13.1. The minimum atomic E-state index is -0.0291. The van der Waals surface area contributed by atoms with Gasteiger partial charge in [-0.15, -0.1) is 0 Å². The average molecular weight is 324 g/mol. The second-order valence-electron chi connectivity index (χ2n) is 7.05.